The quantitative estimate of drug-likeness (QED) is 0.177. The van der Waals surface area contributed by atoms with Gasteiger partial charge in [0, 0.05) is 43.7 Å². The van der Waals surface area contributed by atoms with Gasteiger partial charge in [0.1, 0.15) is 0 Å². The maximum atomic E-state index is 5.35. The van der Waals surface area contributed by atoms with Gasteiger partial charge in [-0.3, -0.25) is 4.57 Å². The van der Waals surface area contributed by atoms with E-state index >= 15 is 0 Å². The van der Waals surface area contributed by atoms with Gasteiger partial charge in [-0.1, -0.05) is 146 Å². The smallest absolute Gasteiger partial charge is 0.238 e. The van der Waals surface area contributed by atoms with E-state index in [1.165, 1.54) is 65.4 Å². The molecule has 0 fully saturated rings. The minimum Gasteiger partial charge on any atom is -0.309 e. The third-order valence-corrected chi connectivity index (χ3v) is 12.1. The van der Waals surface area contributed by atoms with Crippen molar-refractivity contribution in [2.75, 3.05) is 0 Å². The minimum absolute atomic E-state index is 0.588. The molecule has 0 saturated heterocycles. The summed E-state index contributed by atoms with van der Waals surface area (Å²) < 4.78 is 4.69. The van der Waals surface area contributed by atoms with Gasteiger partial charge in [0.05, 0.1) is 22.1 Å². The molecule has 3 heterocycles. The summed E-state index contributed by atoms with van der Waals surface area (Å²) in [4.78, 5) is 15.9. The summed E-state index contributed by atoms with van der Waals surface area (Å²) in [6.45, 7) is 0. The van der Waals surface area contributed by atoms with Gasteiger partial charge in [-0.05, 0) is 80.9 Å². The second kappa shape index (κ2) is 11.8. The lowest BCUT2D eigenvalue weighted by atomic mass is 9.98. The van der Waals surface area contributed by atoms with Crippen LogP contribution in [0.5, 0.6) is 0 Å². The predicted octanol–water partition coefficient (Wildman–Crippen LogP) is 13.4. The summed E-state index contributed by atoms with van der Waals surface area (Å²) in [5, 5.41) is 9.79. The fraction of sp³-hybridized carbons (Fsp3) is 0. The molecule has 5 nitrogen and oxygen atoms in total. The molecule has 1 aliphatic carbocycles. The first kappa shape index (κ1) is 31.3. The first-order chi connectivity index (χ1) is 28.8. The van der Waals surface area contributed by atoms with Gasteiger partial charge in [-0.2, -0.15) is 9.97 Å². The van der Waals surface area contributed by atoms with Crippen molar-refractivity contribution in [3.8, 4) is 56.7 Å². The Morgan fingerprint density at radius 1 is 0.293 bits per heavy atom. The van der Waals surface area contributed by atoms with E-state index in [4.69, 9.17) is 15.0 Å². The number of aromatic nitrogens is 5. The molecule has 0 saturated carbocycles. The molecule has 0 amide bonds. The Morgan fingerprint density at radius 3 is 1.52 bits per heavy atom. The molecule has 0 radical (unpaired) electrons. The fourth-order valence-corrected chi connectivity index (χ4v) is 9.53. The van der Waals surface area contributed by atoms with Crippen molar-refractivity contribution in [1.82, 2.24) is 24.1 Å². The lowest BCUT2D eigenvalue weighted by Gasteiger charge is -2.12. The van der Waals surface area contributed by atoms with Crippen LogP contribution in [0.4, 0.5) is 0 Å². The molecule has 0 spiro atoms. The molecule has 1 aliphatic rings. The SMILES string of the molecule is c1ccc(-c2ccc(-c3nc(-c4ccc5ccccc5c4)nc(-n4c5cccc6c5c5c7c(ccc8c7c7c-6cccc7n8-c6ccccc6)ccc54)n3)cc2)cc1. The maximum absolute atomic E-state index is 5.35. The Bertz CT molecular complexity index is 3660. The van der Waals surface area contributed by atoms with Crippen molar-refractivity contribution in [1.29, 1.82) is 0 Å². The van der Waals surface area contributed by atoms with E-state index in [1.807, 2.05) is 6.07 Å². The average molecular weight is 738 g/mol. The van der Waals surface area contributed by atoms with Gasteiger partial charge >= 0.3 is 0 Å². The van der Waals surface area contributed by atoms with Crippen molar-refractivity contribution < 1.29 is 0 Å². The second-order valence-electron chi connectivity index (χ2n) is 15.2. The number of benzene rings is 9. The molecule has 0 atom stereocenters. The largest absolute Gasteiger partial charge is 0.309 e. The number of nitrogens with zero attached hydrogens (tertiary/aromatic N) is 5. The molecular weight excluding hydrogens is 707 g/mol. The zero-order chi connectivity index (χ0) is 37.9. The number of hydrogen-bond acceptors (Lipinski definition) is 3. The van der Waals surface area contributed by atoms with Crippen molar-refractivity contribution in [2.45, 2.75) is 0 Å². The van der Waals surface area contributed by atoms with E-state index in [2.05, 4.69) is 191 Å². The fourth-order valence-electron chi connectivity index (χ4n) is 9.53. The Morgan fingerprint density at radius 2 is 0.810 bits per heavy atom. The van der Waals surface area contributed by atoms with Crippen molar-refractivity contribution in [3.63, 3.8) is 0 Å². The molecule has 9 aromatic carbocycles. The van der Waals surface area contributed by atoms with Crippen molar-refractivity contribution >= 4 is 65.2 Å². The number of fused-ring (bicyclic) bond motifs is 2. The molecular formula is C53H31N5. The highest BCUT2D eigenvalue weighted by atomic mass is 15.2. The molecule has 3 aromatic heterocycles. The van der Waals surface area contributed by atoms with Crippen LogP contribution >= 0.6 is 0 Å². The van der Waals surface area contributed by atoms with E-state index < -0.39 is 0 Å². The zero-order valence-electron chi connectivity index (χ0n) is 31.1. The van der Waals surface area contributed by atoms with Crippen molar-refractivity contribution in [2.24, 2.45) is 0 Å². The van der Waals surface area contributed by atoms with Gasteiger partial charge in [-0.15, -0.1) is 0 Å². The second-order valence-corrected chi connectivity index (χ2v) is 15.2. The normalized spacial score (nSPS) is 12.1. The summed E-state index contributed by atoms with van der Waals surface area (Å²) >= 11 is 0. The highest BCUT2D eigenvalue weighted by Gasteiger charge is 2.28. The third kappa shape index (κ3) is 4.38. The average Bonchev–Trinajstić information content (AvgIpc) is 3.78. The van der Waals surface area contributed by atoms with Crippen LogP contribution in [0.2, 0.25) is 0 Å². The van der Waals surface area contributed by atoms with E-state index in [9.17, 15) is 0 Å². The van der Waals surface area contributed by atoms with Gasteiger partial charge in [0.25, 0.3) is 0 Å². The summed E-state index contributed by atoms with van der Waals surface area (Å²) in [6.07, 6.45) is 0. The molecule has 268 valence electrons. The van der Waals surface area contributed by atoms with Crippen LogP contribution in [-0.4, -0.2) is 24.1 Å². The molecule has 58 heavy (non-hydrogen) atoms. The van der Waals surface area contributed by atoms with E-state index in [0.29, 0.717) is 17.6 Å². The van der Waals surface area contributed by atoms with Crippen molar-refractivity contribution in [3.05, 3.63) is 188 Å². The molecule has 0 aliphatic heterocycles. The Balaban J connectivity index is 1.12. The Labute approximate surface area is 332 Å². The number of rotatable bonds is 5. The molecule has 0 bridgehead atoms. The predicted molar refractivity (Wildman–Crippen MR) is 239 cm³/mol. The highest BCUT2D eigenvalue weighted by Crippen LogP contribution is 2.51. The van der Waals surface area contributed by atoms with E-state index in [0.717, 1.165) is 38.8 Å². The summed E-state index contributed by atoms with van der Waals surface area (Å²) in [6, 6.07) is 67.1. The first-order valence-corrected chi connectivity index (χ1v) is 19.7. The van der Waals surface area contributed by atoms with Crippen LogP contribution in [0.15, 0.2) is 188 Å². The Kier molecular flexibility index (Phi) is 6.38. The standard InChI is InChI=1S/C53H31N5/c1-3-11-32(12-4-1)34-21-24-36(25-22-34)51-54-52(38-26-23-33-13-7-8-14-37(33)31-38)56-53(55-51)58-43-20-10-18-41-40-17-9-19-42-47(40)49-44(57(42)39-15-5-2-6-16-39)29-27-35-28-30-45(58)50(46(35)49)48(41)43/h1-31H. The van der Waals surface area contributed by atoms with Crippen LogP contribution in [0.1, 0.15) is 0 Å². The zero-order valence-corrected chi connectivity index (χ0v) is 31.1. The lowest BCUT2D eigenvalue weighted by molar-refractivity contribution is 0.954. The van der Waals surface area contributed by atoms with E-state index in [-0.39, 0.29) is 0 Å². The maximum Gasteiger partial charge on any atom is 0.238 e. The molecule has 5 heteroatoms. The van der Waals surface area contributed by atoms with Gasteiger partial charge in [-0.25, -0.2) is 4.98 Å². The van der Waals surface area contributed by atoms with Gasteiger partial charge in [0.2, 0.25) is 5.95 Å². The topological polar surface area (TPSA) is 48.5 Å². The summed E-state index contributed by atoms with van der Waals surface area (Å²) in [5.41, 5.74) is 12.3. The number of para-hydroxylation sites is 1. The van der Waals surface area contributed by atoms with Gasteiger partial charge in [0.15, 0.2) is 11.6 Å². The molecule has 12 aromatic rings. The van der Waals surface area contributed by atoms with Gasteiger partial charge < -0.3 is 4.57 Å². The molecule has 0 unspecified atom stereocenters. The Hall–Kier alpha value is -7.89. The first-order valence-electron chi connectivity index (χ1n) is 19.7. The monoisotopic (exact) mass is 737 g/mol. The summed E-state index contributed by atoms with van der Waals surface area (Å²) in [7, 11) is 0. The molecule has 13 rings (SSSR count). The van der Waals surface area contributed by atoms with Crippen LogP contribution in [0.3, 0.4) is 0 Å². The number of hydrogen-bond donors (Lipinski definition) is 0. The molecule has 0 N–H and O–H groups in total. The minimum atomic E-state index is 0.588. The third-order valence-electron chi connectivity index (χ3n) is 12.1. The van der Waals surface area contributed by atoms with Crippen LogP contribution < -0.4 is 0 Å². The van der Waals surface area contributed by atoms with Crippen LogP contribution in [0.25, 0.3) is 122 Å². The van der Waals surface area contributed by atoms with E-state index in [1.54, 1.807) is 0 Å². The lowest BCUT2D eigenvalue weighted by Crippen LogP contribution is -2.06. The summed E-state index contributed by atoms with van der Waals surface area (Å²) in [5.74, 6) is 1.84. The van der Waals surface area contributed by atoms with Crippen LogP contribution in [-0.2, 0) is 0 Å². The van der Waals surface area contributed by atoms with Crippen LogP contribution in [0, 0.1) is 0 Å². The highest BCUT2D eigenvalue weighted by molar-refractivity contribution is 6.38.